The van der Waals surface area contributed by atoms with Crippen molar-refractivity contribution in [2.75, 3.05) is 14.7 Å². The normalized spacial score (nSPS) is 28.2. The number of fused-ring (bicyclic) bond motifs is 4. The molecular formula is C63H62BN3Si. The fourth-order valence-electron chi connectivity index (χ4n) is 17.0. The molecule has 7 atom stereocenters. The van der Waals surface area contributed by atoms with E-state index in [4.69, 9.17) is 0 Å². The molecule has 7 aromatic rings. The zero-order valence-electron chi connectivity index (χ0n) is 40.5. The highest BCUT2D eigenvalue weighted by atomic mass is 28.3. The molecule has 4 bridgehead atoms. The van der Waals surface area contributed by atoms with Crippen LogP contribution >= 0.6 is 0 Å². The summed E-state index contributed by atoms with van der Waals surface area (Å²) < 4.78 is 0. The van der Waals surface area contributed by atoms with Crippen LogP contribution in [0.4, 0.5) is 39.8 Å². The van der Waals surface area contributed by atoms with Crippen molar-refractivity contribution in [3.8, 4) is 0 Å². The summed E-state index contributed by atoms with van der Waals surface area (Å²) in [5.74, 6) is 3.33. The molecule has 0 aromatic heterocycles. The Labute approximate surface area is 405 Å². The Morgan fingerprint density at radius 3 is 1.79 bits per heavy atom. The van der Waals surface area contributed by atoms with Crippen LogP contribution in [0.25, 0.3) is 0 Å². The van der Waals surface area contributed by atoms with Crippen LogP contribution in [0.1, 0.15) is 97.1 Å². The molecule has 0 spiro atoms. The van der Waals surface area contributed by atoms with Gasteiger partial charge < -0.3 is 14.7 Å². The Kier molecular flexibility index (Phi) is 8.10. The van der Waals surface area contributed by atoms with Gasteiger partial charge in [0.1, 0.15) is 0 Å². The maximum absolute atomic E-state index is 3.03. The lowest BCUT2D eigenvalue weighted by Gasteiger charge is -2.55. The van der Waals surface area contributed by atoms with Crippen molar-refractivity contribution in [3.63, 3.8) is 0 Å². The van der Waals surface area contributed by atoms with Crippen LogP contribution in [-0.2, 0) is 10.8 Å². The Bertz CT molecular complexity index is 3190. The SMILES string of the molecule is CC(C)(C)c1ccc2c(c1)C1(C)CCCCC1(C)N2c1cc2c3c(c1)N(C1CC4CC5CC4CC51)c1cccc4c1B3c1c(cccc1[Si]4(c1ccccc1)c1ccccc1)N2c1ccccc1. The summed E-state index contributed by atoms with van der Waals surface area (Å²) in [4.78, 5) is 8.63. The number of hydrogen-bond acceptors (Lipinski definition) is 3. The molecule has 0 N–H and O–H groups in total. The molecule has 7 unspecified atom stereocenters. The summed E-state index contributed by atoms with van der Waals surface area (Å²) >= 11 is 0. The van der Waals surface area contributed by atoms with Crippen molar-refractivity contribution in [2.24, 2.45) is 23.7 Å². The first-order valence-corrected chi connectivity index (χ1v) is 28.2. The van der Waals surface area contributed by atoms with E-state index in [-0.39, 0.29) is 23.1 Å². The minimum atomic E-state index is -2.88. The van der Waals surface area contributed by atoms with Crippen molar-refractivity contribution in [1.82, 2.24) is 0 Å². The van der Waals surface area contributed by atoms with E-state index in [1.807, 2.05) is 0 Å². The van der Waals surface area contributed by atoms with Gasteiger partial charge >= 0.3 is 0 Å². The summed E-state index contributed by atoms with van der Waals surface area (Å²) in [7, 11) is -2.88. The molecule has 0 amide bonds. The van der Waals surface area contributed by atoms with Gasteiger partial charge in [-0.25, -0.2) is 0 Å². The molecule has 336 valence electrons. The van der Waals surface area contributed by atoms with E-state index in [1.165, 1.54) is 118 Å². The van der Waals surface area contributed by atoms with Crippen molar-refractivity contribution in [3.05, 3.63) is 169 Å². The molecule has 5 fully saturated rings. The van der Waals surface area contributed by atoms with Crippen LogP contribution in [0.15, 0.2) is 158 Å². The molecule has 5 aliphatic carbocycles. The number of para-hydroxylation sites is 1. The van der Waals surface area contributed by atoms with E-state index < -0.39 is 8.07 Å². The van der Waals surface area contributed by atoms with Crippen molar-refractivity contribution < 1.29 is 0 Å². The highest BCUT2D eigenvalue weighted by molar-refractivity contribution is 7.27. The molecule has 5 heteroatoms. The summed E-state index contributed by atoms with van der Waals surface area (Å²) in [6, 6.07) is 63.5. The van der Waals surface area contributed by atoms with Gasteiger partial charge in [-0.15, -0.1) is 0 Å². The summed E-state index contributed by atoms with van der Waals surface area (Å²) in [5.41, 5.74) is 17.4. The summed E-state index contributed by atoms with van der Waals surface area (Å²) in [6.45, 7) is 12.5. The van der Waals surface area contributed by atoms with E-state index in [0.717, 1.165) is 23.7 Å². The molecule has 4 heterocycles. The van der Waals surface area contributed by atoms with Gasteiger partial charge in [-0.1, -0.05) is 156 Å². The van der Waals surface area contributed by atoms with Crippen LogP contribution in [0.3, 0.4) is 0 Å². The smallest absolute Gasteiger partial charge is 0.251 e. The predicted octanol–water partition coefficient (Wildman–Crippen LogP) is 10.6. The van der Waals surface area contributed by atoms with Crippen LogP contribution < -0.4 is 51.8 Å². The second-order valence-corrected chi connectivity index (χ2v) is 27.6. The largest absolute Gasteiger partial charge is 0.339 e. The van der Waals surface area contributed by atoms with Gasteiger partial charge in [0.25, 0.3) is 6.71 Å². The number of nitrogens with zero attached hydrogens (tertiary/aromatic N) is 3. The van der Waals surface area contributed by atoms with Gasteiger partial charge in [-0.3, -0.25) is 0 Å². The molecule has 68 heavy (non-hydrogen) atoms. The zero-order chi connectivity index (χ0) is 45.5. The van der Waals surface area contributed by atoms with Crippen LogP contribution in [0, 0.1) is 23.7 Å². The molecule has 0 saturated heterocycles. The van der Waals surface area contributed by atoms with E-state index >= 15 is 0 Å². The maximum atomic E-state index is 3.03. The van der Waals surface area contributed by atoms with Gasteiger partial charge in [0.2, 0.25) is 0 Å². The molecular weight excluding hydrogens is 838 g/mol. The van der Waals surface area contributed by atoms with Gasteiger partial charge in [0.05, 0.1) is 5.54 Å². The Balaban J connectivity index is 1.07. The zero-order valence-corrected chi connectivity index (χ0v) is 41.5. The lowest BCUT2D eigenvalue weighted by atomic mass is 9.33. The third-order valence-electron chi connectivity index (χ3n) is 20.0. The number of anilines is 7. The first kappa shape index (κ1) is 40.1. The Morgan fingerprint density at radius 2 is 1.15 bits per heavy atom. The maximum Gasteiger partial charge on any atom is 0.251 e. The van der Waals surface area contributed by atoms with Gasteiger partial charge in [0, 0.05) is 51.3 Å². The Morgan fingerprint density at radius 1 is 0.529 bits per heavy atom. The van der Waals surface area contributed by atoms with E-state index in [0.29, 0.717) is 6.04 Å². The third-order valence-corrected chi connectivity index (χ3v) is 24.9. The van der Waals surface area contributed by atoms with Crippen LogP contribution in [0.2, 0.25) is 0 Å². The molecule has 16 rings (SSSR count). The predicted molar refractivity (Wildman–Crippen MR) is 289 cm³/mol. The van der Waals surface area contributed by atoms with Crippen molar-refractivity contribution >= 4 is 91.7 Å². The summed E-state index contributed by atoms with van der Waals surface area (Å²) in [5, 5.41) is 6.07. The van der Waals surface area contributed by atoms with E-state index in [1.54, 1.807) is 21.4 Å². The highest BCUT2D eigenvalue weighted by Crippen LogP contribution is 2.64. The van der Waals surface area contributed by atoms with Gasteiger partial charge in [-0.2, -0.15) is 0 Å². The van der Waals surface area contributed by atoms with Crippen LogP contribution in [0.5, 0.6) is 0 Å². The lowest BCUT2D eigenvalue weighted by molar-refractivity contribution is 0.133. The molecule has 7 aromatic carbocycles. The minimum Gasteiger partial charge on any atom is -0.339 e. The monoisotopic (exact) mass is 899 g/mol. The second kappa shape index (κ2) is 13.7. The van der Waals surface area contributed by atoms with Crippen LogP contribution in [-0.4, -0.2) is 26.4 Å². The standard InChI is InChI=1S/C63H62BN3Si/c1-61(2,3)43-29-30-50-49(37-43)62(4)31-15-16-32-63(62,5)67(50)45-38-54-58-55(39-45)66(53-36-41-34-42-33-40(41)35-48(42)53)52-26-18-28-57-60(52)64(58)59-51(65(54)44-19-9-6-10-20-44)25-17-27-56(59)68(57,46-21-11-7-12-22-46)47-23-13-8-14-24-47/h6-14,17-30,37-42,48,53H,15-16,31-36H2,1-5H3. The molecule has 5 saturated carbocycles. The quantitative estimate of drug-likeness (QED) is 0.159. The number of hydrogen-bond donors (Lipinski definition) is 0. The minimum absolute atomic E-state index is 0.0342. The average Bonchev–Trinajstić information content (AvgIpc) is 4.00. The van der Waals surface area contributed by atoms with Crippen molar-refractivity contribution in [1.29, 1.82) is 0 Å². The molecule has 9 aliphatic rings. The second-order valence-electron chi connectivity index (χ2n) is 23.9. The van der Waals surface area contributed by atoms with E-state index in [2.05, 4.69) is 207 Å². The molecule has 3 nitrogen and oxygen atoms in total. The van der Waals surface area contributed by atoms with Crippen molar-refractivity contribution in [2.45, 2.75) is 108 Å². The van der Waals surface area contributed by atoms with Gasteiger partial charge in [-0.05, 0) is 165 Å². The highest BCUT2D eigenvalue weighted by Gasteiger charge is 2.62. The Hall–Kier alpha value is -5.78. The lowest BCUT2D eigenvalue weighted by Crippen LogP contribution is -2.88. The van der Waals surface area contributed by atoms with E-state index in [9.17, 15) is 0 Å². The topological polar surface area (TPSA) is 9.72 Å². The molecule has 0 radical (unpaired) electrons. The number of benzene rings is 7. The fraction of sp³-hybridized carbons (Fsp3) is 0.333. The molecule has 4 aliphatic heterocycles. The average molecular weight is 900 g/mol. The first-order chi connectivity index (χ1) is 33.1. The van der Waals surface area contributed by atoms with Gasteiger partial charge in [0.15, 0.2) is 8.07 Å². The third kappa shape index (κ3) is 4.92. The number of rotatable bonds is 5. The fourth-order valence-corrected chi connectivity index (χ4v) is 22.3. The summed E-state index contributed by atoms with van der Waals surface area (Å²) in [6.07, 6.45) is 10.6. The first-order valence-electron chi connectivity index (χ1n) is 26.2.